The van der Waals surface area contributed by atoms with E-state index in [0.717, 1.165) is 37.0 Å². The van der Waals surface area contributed by atoms with Gasteiger partial charge in [0, 0.05) is 17.8 Å². The van der Waals surface area contributed by atoms with E-state index in [4.69, 9.17) is 10.5 Å². The summed E-state index contributed by atoms with van der Waals surface area (Å²) in [5.74, 6) is 1.06. The van der Waals surface area contributed by atoms with Crippen molar-refractivity contribution >= 4 is 5.97 Å². The van der Waals surface area contributed by atoms with E-state index in [1.807, 2.05) is 13.8 Å². The Morgan fingerprint density at radius 3 is 2.04 bits per heavy atom. The Balaban J connectivity index is 0.000000688. The molecule has 0 aromatic carbocycles. The number of carbonyl (C=O) groups excluding carboxylic acids is 1. The number of nitrogens with one attached hydrogen (secondary N) is 1. The van der Waals surface area contributed by atoms with Gasteiger partial charge < -0.3 is 15.8 Å². The van der Waals surface area contributed by atoms with Crippen molar-refractivity contribution in [3.63, 3.8) is 0 Å². The molecule has 0 aliphatic heterocycles. The zero-order valence-electron chi connectivity index (χ0n) is 16.2. The Morgan fingerprint density at radius 2 is 1.61 bits per heavy atom. The highest BCUT2D eigenvalue weighted by Crippen LogP contribution is 2.25. The molecular formula is C19H38N2O2. The van der Waals surface area contributed by atoms with Crippen LogP contribution in [0.4, 0.5) is 0 Å². The van der Waals surface area contributed by atoms with E-state index >= 15 is 0 Å². The zero-order valence-corrected chi connectivity index (χ0v) is 16.2. The van der Waals surface area contributed by atoms with Crippen LogP contribution in [0, 0.1) is 11.8 Å². The van der Waals surface area contributed by atoms with Gasteiger partial charge in [-0.2, -0.15) is 0 Å². The SMILES string of the molecule is CC(C)[C@H](C)N.CCOC(=O)C1=C(N[C@@H](C)C(C)C)CCCC1. The average molecular weight is 327 g/mol. The summed E-state index contributed by atoms with van der Waals surface area (Å²) in [5, 5.41) is 3.49. The lowest BCUT2D eigenvalue weighted by atomic mass is 9.94. The van der Waals surface area contributed by atoms with Crippen LogP contribution in [-0.4, -0.2) is 24.7 Å². The van der Waals surface area contributed by atoms with Gasteiger partial charge in [0.1, 0.15) is 0 Å². The maximum atomic E-state index is 11.8. The Labute approximate surface area is 143 Å². The second kappa shape index (κ2) is 11.5. The molecule has 0 spiro atoms. The van der Waals surface area contributed by atoms with E-state index in [0.29, 0.717) is 30.5 Å². The summed E-state index contributed by atoms with van der Waals surface area (Å²) in [4.78, 5) is 11.8. The van der Waals surface area contributed by atoms with E-state index in [-0.39, 0.29) is 5.97 Å². The topological polar surface area (TPSA) is 64.3 Å². The van der Waals surface area contributed by atoms with Crippen molar-refractivity contribution in [2.24, 2.45) is 17.6 Å². The first-order chi connectivity index (χ1) is 10.7. The van der Waals surface area contributed by atoms with E-state index in [9.17, 15) is 4.79 Å². The van der Waals surface area contributed by atoms with Gasteiger partial charge >= 0.3 is 5.97 Å². The van der Waals surface area contributed by atoms with Crippen molar-refractivity contribution in [2.75, 3.05) is 6.61 Å². The molecule has 0 amide bonds. The van der Waals surface area contributed by atoms with Gasteiger partial charge in [-0.25, -0.2) is 4.79 Å². The molecule has 0 heterocycles. The van der Waals surface area contributed by atoms with Crippen LogP contribution in [0.5, 0.6) is 0 Å². The van der Waals surface area contributed by atoms with Gasteiger partial charge in [-0.05, 0) is 58.3 Å². The molecule has 4 nitrogen and oxygen atoms in total. The van der Waals surface area contributed by atoms with E-state index < -0.39 is 0 Å². The van der Waals surface area contributed by atoms with Crippen LogP contribution < -0.4 is 11.1 Å². The van der Waals surface area contributed by atoms with Crippen LogP contribution in [0.2, 0.25) is 0 Å². The standard InChI is InChI=1S/C14H25NO2.C5H13N/c1-5-17-14(16)12-8-6-7-9-13(12)15-11(4)10(2)3;1-4(2)5(3)6/h10-11,15H,5-9H2,1-4H3;4-5H,6H2,1-3H3/t11-;5-/m00/s1. The fourth-order valence-electron chi connectivity index (χ4n) is 1.95. The van der Waals surface area contributed by atoms with Gasteiger partial charge in [-0.1, -0.05) is 27.7 Å². The molecule has 1 aliphatic carbocycles. The fraction of sp³-hybridized carbons (Fsp3) is 0.842. The van der Waals surface area contributed by atoms with E-state index in [2.05, 4.69) is 39.9 Å². The lowest BCUT2D eigenvalue weighted by Gasteiger charge is -2.26. The highest BCUT2D eigenvalue weighted by Gasteiger charge is 2.21. The first-order valence-electron chi connectivity index (χ1n) is 9.11. The van der Waals surface area contributed by atoms with Crippen molar-refractivity contribution < 1.29 is 9.53 Å². The molecule has 1 rings (SSSR count). The minimum absolute atomic E-state index is 0.134. The summed E-state index contributed by atoms with van der Waals surface area (Å²) in [6, 6.07) is 0.748. The number of carbonyl (C=O) groups is 1. The maximum Gasteiger partial charge on any atom is 0.335 e. The van der Waals surface area contributed by atoms with Crippen LogP contribution in [0.3, 0.4) is 0 Å². The lowest BCUT2D eigenvalue weighted by molar-refractivity contribution is -0.138. The Bertz CT molecular complexity index is 368. The average Bonchev–Trinajstić information content (AvgIpc) is 2.48. The van der Waals surface area contributed by atoms with Crippen molar-refractivity contribution in [3.05, 3.63) is 11.3 Å². The summed E-state index contributed by atoms with van der Waals surface area (Å²) in [7, 11) is 0. The van der Waals surface area contributed by atoms with Crippen molar-refractivity contribution in [3.8, 4) is 0 Å². The van der Waals surface area contributed by atoms with Gasteiger partial charge in [0.15, 0.2) is 0 Å². The minimum Gasteiger partial charge on any atom is -0.463 e. The highest BCUT2D eigenvalue weighted by atomic mass is 16.5. The molecule has 136 valence electrons. The Hall–Kier alpha value is -1.03. The van der Waals surface area contributed by atoms with Crippen LogP contribution >= 0.6 is 0 Å². The van der Waals surface area contributed by atoms with Gasteiger partial charge in [0.2, 0.25) is 0 Å². The molecule has 0 aromatic heterocycles. The van der Waals surface area contributed by atoms with Crippen molar-refractivity contribution in [1.29, 1.82) is 0 Å². The van der Waals surface area contributed by atoms with Gasteiger partial charge in [0.25, 0.3) is 0 Å². The normalized spacial score (nSPS) is 17.5. The van der Waals surface area contributed by atoms with Crippen molar-refractivity contribution in [1.82, 2.24) is 5.32 Å². The molecule has 0 saturated heterocycles. The molecule has 3 N–H and O–H groups in total. The van der Waals surface area contributed by atoms with Crippen molar-refractivity contribution in [2.45, 2.75) is 86.2 Å². The molecule has 0 fully saturated rings. The molecule has 0 radical (unpaired) electrons. The molecule has 0 unspecified atom stereocenters. The zero-order chi connectivity index (χ0) is 18.0. The van der Waals surface area contributed by atoms with Gasteiger partial charge in [0.05, 0.1) is 12.2 Å². The van der Waals surface area contributed by atoms with Crippen LogP contribution in [0.25, 0.3) is 0 Å². The Kier molecular flexibility index (Phi) is 11.0. The summed E-state index contributed by atoms with van der Waals surface area (Å²) >= 11 is 0. The molecular weight excluding hydrogens is 288 g/mol. The third-order valence-corrected chi connectivity index (χ3v) is 4.44. The molecule has 1 aliphatic rings. The Morgan fingerprint density at radius 1 is 1.09 bits per heavy atom. The van der Waals surface area contributed by atoms with Crippen LogP contribution in [0.15, 0.2) is 11.3 Å². The predicted molar refractivity (Wildman–Crippen MR) is 98.1 cm³/mol. The second-order valence-electron chi connectivity index (χ2n) is 7.16. The smallest absolute Gasteiger partial charge is 0.335 e. The lowest BCUT2D eigenvalue weighted by Crippen LogP contribution is -2.33. The first kappa shape index (κ1) is 22.0. The molecule has 0 saturated carbocycles. The van der Waals surface area contributed by atoms with Gasteiger partial charge in [-0.3, -0.25) is 0 Å². The summed E-state index contributed by atoms with van der Waals surface area (Å²) in [5.41, 5.74) is 7.41. The summed E-state index contributed by atoms with van der Waals surface area (Å²) < 4.78 is 5.12. The summed E-state index contributed by atoms with van der Waals surface area (Å²) in [6.45, 7) is 15.1. The largest absolute Gasteiger partial charge is 0.463 e. The number of hydrogen-bond donors (Lipinski definition) is 2. The number of rotatable bonds is 6. The number of ether oxygens (including phenoxy) is 1. The maximum absolute atomic E-state index is 11.8. The van der Waals surface area contributed by atoms with Crippen LogP contribution in [0.1, 0.15) is 74.1 Å². The fourth-order valence-corrected chi connectivity index (χ4v) is 1.95. The van der Waals surface area contributed by atoms with Gasteiger partial charge in [-0.15, -0.1) is 0 Å². The first-order valence-corrected chi connectivity index (χ1v) is 9.11. The third-order valence-electron chi connectivity index (χ3n) is 4.44. The van der Waals surface area contributed by atoms with E-state index in [1.165, 1.54) is 0 Å². The second-order valence-corrected chi connectivity index (χ2v) is 7.16. The summed E-state index contributed by atoms with van der Waals surface area (Å²) in [6.07, 6.45) is 4.09. The molecule has 0 bridgehead atoms. The number of allylic oxidation sites excluding steroid dienone is 1. The number of hydrogen-bond acceptors (Lipinski definition) is 4. The quantitative estimate of drug-likeness (QED) is 0.724. The minimum atomic E-state index is -0.134. The predicted octanol–water partition coefficient (Wildman–Crippen LogP) is 4.00. The monoisotopic (exact) mass is 326 g/mol. The molecule has 0 aromatic rings. The third kappa shape index (κ3) is 8.99. The highest BCUT2D eigenvalue weighted by molar-refractivity contribution is 5.89. The molecule has 23 heavy (non-hydrogen) atoms. The molecule has 4 heteroatoms. The number of esters is 1. The number of nitrogens with two attached hydrogens (primary N) is 1. The van der Waals surface area contributed by atoms with E-state index in [1.54, 1.807) is 0 Å². The van der Waals surface area contributed by atoms with Crippen LogP contribution in [-0.2, 0) is 9.53 Å². The molecule has 2 atom stereocenters.